The maximum absolute atomic E-state index is 5.85. The number of hydrogen-bond acceptors (Lipinski definition) is 6. The zero-order chi connectivity index (χ0) is 15.8. The largest absolute Gasteiger partial charge is 0.493 e. The number of ether oxygens (including phenoxy) is 4. The Balaban J connectivity index is 1.63. The molecule has 2 N–H and O–H groups in total. The summed E-state index contributed by atoms with van der Waals surface area (Å²) in [4.78, 5) is 4.32. The first-order valence-electron chi connectivity index (χ1n) is 7.16. The summed E-state index contributed by atoms with van der Waals surface area (Å²) in [7, 11) is 1.66. The van der Waals surface area contributed by atoms with E-state index < -0.39 is 0 Å². The van der Waals surface area contributed by atoms with Crippen molar-refractivity contribution in [3.63, 3.8) is 0 Å². The van der Waals surface area contributed by atoms with Gasteiger partial charge in [0.1, 0.15) is 5.75 Å². The third kappa shape index (κ3) is 5.31. The molecule has 1 atom stereocenters. The van der Waals surface area contributed by atoms with Crippen LogP contribution in [0.4, 0.5) is 0 Å². The van der Waals surface area contributed by atoms with Crippen molar-refractivity contribution in [3.05, 3.63) is 18.2 Å². The Hall–Kier alpha value is -1.60. The first-order valence-corrected chi connectivity index (χ1v) is 8.15. The van der Waals surface area contributed by atoms with Crippen molar-refractivity contribution in [2.45, 2.75) is 19.4 Å². The molecule has 1 aromatic carbocycles. The molecule has 2 rings (SSSR count). The van der Waals surface area contributed by atoms with Gasteiger partial charge < -0.3 is 24.7 Å². The maximum atomic E-state index is 5.85. The third-order valence-electron chi connectivity index (χ3n) is 2.91. The zero-order valence-corrected chi connectivity index (χ0v) is 13.7. The van der Waals surface area contributed by atoms with Crippen LogP contribution in [-0.4, -0.2) is 44.1 Å². The standard InChI is InChI=1S/C15H22N2O4S/c1-11(9-18-2)17-15(16)22-7-3-6-19-12-4-5-13-14(8-12)21-10-20-13/h4-5,8,11H,3,6-7,9-10H2,1-2H3,(H2,16,17). The molecule has 0 fully saturated rings. The number of nitrogens with zero attached hydrogens (tertiary/aromatic N) is 1. The van der Waals surface area contributed by atoms with Gasteiger partial charge in [-0.25, -0.2) is 0 Å². The van der Waals surface area contributed by atoms with Crippen LogP contribution in [0.2, 0.25) is 0 Å². The minimum absolute atomic E-state index is 0.0855. The van der Waals surface area contributed by atoms with Crippen LogP contribution >= 0.6 is 11.8 Å². The molecule has 0 saturated heterocycles. The second-order valence-corrected chi connectivity index (χ2v) is 5.95. The van der Waals surface area contributed by atoms with Crippen molar-refractivity contribution >= 4 is 16.9 Å². The molecule has 1 aromatic rings. The van der Waals surface area contributed by atoms with Crippen molar-refractivity contribution in [1.29, 1.82) is 0 Å². The van der Waals surface area contributed by atoms with Gasteiger partial charge in [-0.05, 0) is 25.5 Å². The normalized spacial score (nSPS) is 14.9. The topological polar surface area (TPSA) is 75.3 Å². The molecule has 0 aliphatic carbocycles. The van der Waals surface area contributed by atoms with E-state index >= 15 is 0 Å². The van der Waals surface area contributed by atoms with Crippen LogP contribution in [0.15, 0.2) is 23.2 Å². The van der Waals surface area contributed by atoms with E-state index in [9.17, 15) is 0 Å². The van der Waals surface area contributed by atoms with Crippen molar-refractivity contribution < 1.29 is 18.9 Å². The Morgan fingerprint density at radius 3 is 3.05 bits per heavy atom. The summed E-state index contributed by atoms with van der Waals surface area (Å²) >= 11 is 1.53. The quantitative estimate of drug-likeness (QED) is 0.449. The molecule has 1 aliphatic heterocycles. The molecule has 0 bridgehead atoms. The maximum Gasteiger partial charge on any atom is 0.231 e. The molecule has 0 amide bonds. The van der Waals surface area contributed by atoms with Crippen molar-refractivity contribution in [1.82, 2.24) is 0 Å². The Kier molecular flexibility index (Phi) is 6.67. The summed E-state index contributed by atoms with van der Waals surface area (Å²) in [5.74, 6) is 3.14. The highest BCUT2D eigenvalue weighted by molar-refractivity contribution is 8.13. The second kappa shape index (κ2) is 8.75. The van der Waals surface area contributed by atoms with E-state index in [0.29, 0.717) is 18.4 Å². The first-order chi connectivity index (χ1) is 10.7. The molecule has 0 saturated carbocycles. The van der Waals surface area contributed by atoms with Gasteiger partial charge in [-0.2, -0.15) is 0 Å². The number of amidine groups is 1. The van der Waals surface area contributed by atoms with Gasteiger partial charge in [-0.15, -0.1) is 0 Å². The highest BCUT2D eigenvalue weighted by atomic mass is 32.2. The molecule has 6 nitrogen and oxygen atoms in total. The number of hydrogen-bond donors (Lipinski definition) is 1. The van der Waals surface area contributed by atoms with Gasteiger partial charge >= 0.3 is 0 Å². The van der Waals surface area contributed by atoms with Gasteiger partial charge in [0, 0.05) is 18.9 Å². The van der Waals surface area contributed by atoms with E-state index in [1.807, 2.05) is 25.1 Å². The van der Waals surface area contributed by atoms with Gasteiger partial charge in [0.15, 0.2) is 16.7 Å². The average molecular weight is 326 g/mol. The molecule has 0 spiro atoms. The summed E-state index contributed by atoms with van der Waals surface area (Å²) in [5, 5.41) is 0.590. The Labute approximate surface area is 135 Å². The number of rotatable bonds is 8. The fourth-order valence-electron chi connectivity index (χ4n) is 1.93. The summed E-state index contributed by atoms with van der Waals surface area (Å²) in [6, 6.07) is 5.66. The smallest absolute Gasteiger partial charge is 0.231 e. The van der Waals surface area contributed by atoms with Crippen LogP contribution in [0.1, 0.15) is 13.3 Å². The zero-order valence-electron chi connectivity index (χ0n) is 12.9. The minimum Gasteiger partial charge on any atom is -0.493 e. The molecule has 0 aromatic heterocycles. The molecule has 0 radical (unpaired) electrons. The van der Waals surface area contributed by atoms with Crippen LogP contribution in [0.3, 0.4) is 0 Å². The monoisotopic (exact) mass is 326 g/mol. The van der Waals surface area contributed by atoms with Gasteiger partial charge in [0.05, 0.1) is 19.3 Å². The van der Waals surface area contributed by atoms with Crippen molar-refractivity contribution in [3.8, 4) is 17.2 Å². The number of aliphatic imine (C=N–C) groups is 1. The molecule has 7 heteroatoms. The molecule has 1 unspecified atom stereocenters. The van der Waals surface area contributed by atoms with Crippen LogP contribution in [-0.2, 0) is 4.74 Å². The van der Waals surface area contributed by atoms with E-state index in [1.54, 1.807) is 7.11 Å². The Morgan fingerprint density at radius 1 is 1.41 bits per heavy atom. The Morgan fingerprint density at radius 2 is 2.23 bits per heavy atom. The number of thioether (sulfide) groups is 1. The predicted octanol–water partition coefficient (Wildman–Crippen LogP) is 2.27. The SMILES string of the molecule is COCC(C)N=C(N)SCCCOc1ccc2c(c1)OCO2. The number of methoxy groups -OCH3 is 1. The highest BCUT2D eigenvalue weighted by Crippen LogP contribution is 2.35. The van der Waals surface area contributed by atoms with Gasteiger partial charge in [-0.1, -0.05) is 11.8 Å². The van der Waals surface area contributed by atoms with Crippen LogP contribution < -0.4 is 19.9 Å². The highest BCUT2D eigenvalue weighted by Gasteiger charge is 2.13. The molecule has 22 heavy (non-hydrogen) atoms. The van der Waals surface area contributed by atoms with Gasteiger partial charge in [0.2, 0.25) is 6.79 Å². The average Bonchev–Trinajstić information content (AvgIpc) is 2.94. The summed E-state index contributed by atoms with van der Waals surface area (Å²) in [6.45, 7) is 3.44. The first kappa shape index (κ1) is 16.8. The summed E-state index contributed by atoms with van der Waals surface area (Å²) in [6.07, 6.45) is 0.883. The minimum atomic E-state index is 0.0855. The molecular formula is C15H22N2O4S. The molecule has 1 aliphatic rings. The molecule has 122 valence electrons. The fraction of sp³-hybridized carbons (Fsp3) is 0.533. The summed E-state index contributed by atoms with van der Waals surface area (Å²) in [5.41, 5.74) is 5.85. The fourth-order valence-corrected chi connectivity index (χ4v) is 2.65. The lowest BCUT2D eigenvalue weighted by Gasteiger charge is -2.08. The van der Waals surface area contributed by atoms with Crippen LogP contribution in [0.25, 0.3) is 0 Å². The van der Waals surface area contributed by atoms with Crippen molar-refractivity contribution in [2.75, 3.05) is 32.9 Å². The van der Waals surface area contributed by atoms with Gasteiger partial charge in [-0.3, -0.25) is 4.99 Å². The molecular weight excluding hydrogens is 304 g/mol. The summed E-state index contributed by atoms with van der Waals surface area (Å²) < 4.78 is 21.3. The van der Waals surface area contributed by atoms with Gasteiger partial charge in [0.25, 0.3) is 0 Å². The predicted molar refractivity (Wildman–Crippen MR) is 88.1 cm³/mol. The number of fused-ring (bicyclic) bond motifs is 1. The lowest BCUT2D eigenvalue weighted by molar-refractivity contribution is 0.173. The molecule has 1 heterocycles. The van der Waals surface area contributed by atoms with E-state index in [0.717, 1.165) is 29.4 Å². The Bertz CT molecular complexity index is 510. The number of benzene rings is 1. The van der Waals surface area contributed by atoms with Crippen LogP contribution in [0, 0.1) is 0 Å². The third-order valence-corrected chi connectivity index (χ3v) is 3.80. The number of nitrogens with two attached hydrogens (primary N) is 1. The van der Waals surface area contributed by atoms with Crippen LogP contribution in [0.5, 0.6) is 17.2 Å². The van der Waals surface area contributed by atoms with Crippen molar-refractivity contribution in [2.24, 2.45) is 10.7 Å². The van der Waals surface area contributed by atoms with E-state index in [4.69, 9.17) is 24.7 Å². The second-order valence-electron chi connectivity index (χ2n) is 4.84. The van der Waals surface area contributed by atoms with E-state index in [2.05, 4.69) is 4.99 Å². The van der Waals surface area contributed by atoms with E-state index in [1.165, 1.54) is 11.8 Å². The lowest BCUT2D eigenvalue weighted by atomic mass is 10.3. The van der Waals surface area contributed by atoms with E-state index in [-0.39, 0.29) is 12.8 Å². The lowest BCUT2D eigenvalue weighted by Crippen LogP contribution is -2.15.